The Labute approximate surface area is 199 Å². The van der Waals surface area contributed by atoms with Crippen molar-refractivity contribution >= 4 is 44.9 Å². The van der Waals surface area contributed by atoms with Gasteiger partial charge in [-0.15, -0.1) is 11.3 Å². The normalized spacial score (nSPS) is 14.1. The highest BCUT2D eigenvalue weighted by Gasteiger charge is 2.26. The molecule has 1 N–H and O–H groups in total. The second-order valence-corrected chi connectivity index (χ2v) is 10.7. The van der Waals surface area contributed by atoms with Gasteiger partial charge in [0.05, 0.1) is 40.5 Å². The SMILES string of the molecule is Cc1nn(C)c(C)c1NC(=O)C(C)Sc1nc2sc3c(c2c(=O)n1Cc1ccco1)CCC3. The Balaban J connectivity index is 1.50. The summed E-state index contributed by atoms with van der Waals surface area (Å²) < 4.78 is 8.90. The standard InChI is InChI=1S/C23H25N5O3S2/c1-12-19(13(2)27(4)26-12)24-20(29)14(3)32-23-25-21-18(16-8-5-9-17(16)33-21)22(30)28(23)11-15-7-6-10-31-15/h6-7,10,14H,5,8-9,11H2,1-4H3,(H,24,29). The summed E-state index contributed by atoms with van der Waals surface area (Å²) in [6.07, 6.45) is 4.59. The molecule has 0 aliphatic heterocycles. The number of anilines is 1. The number of nitrogens with zero attached hydrogens (tertiary/aromatic N) is 4. The summed E-state index contributed by atoms with van der Waals surface area (Å²) in [6, 6.07) is 3.64. The van der Waals surface area contributed by atoms with Gasteiger partial charge in [-0.25, -0.2) is 4.98 Å². The lowest BCUT2D eigenvalue weighted by Crippen LogP contribution is -2.27. The van der Waals surface area contributed by atoms with Crippen LogP contribution in [0.1, 0.15) is 40.9 Å². The van der Waals surface area contributed by atoms with E-state index in [0.29, 0.717) is 10.9 Å². The Bertz CT molecular complexity index is 1410. The molecule has 4 aromatic heterocycles. The molecular formula is C23H25N5O3S2. The minimum atomic E-state index is -0.469. The predicted octanol–water partition coefficient (Wildman–Crippen LogP) is 4.06. The predicted molar refractivity (Wildman–Crippen MR) is 130 cm³/mol. The van der Waals surface area contributed by atoms with Gasteiger partial charge >= 0.3 is 0 Å². The molecule has 4 heterocycles. The van der Waals surface area contributed by atoms with Crippen molar-refractivity contribution in [2.24, 2.45) is 7.05 Å². The highest BCUT2D eigenvalue weighted by Crippen LogP contribution is 2.36. The maximum absolute atomic E-state index is 13.6. The zero-order valence-corrected chi connectivity index (χ0v) is 20.6. The van der Waals surface area contributed by atoms with Crippen LogP contribution in [-0.4, -0.2) is 30.5 Å². The van der Waals surface area contributed by atoms with Crippen LogP contribution in [0.4, 0.5) is 5.69 Å². The van der Waals surface area contributed by atoms with Gasteiger partial charge < -0.3 is 9.73 Å². The molecule has 0 aromatic carbocycles. The lowest BCUT2D eigenvalue weighted by atomic mass is 10.2. The highest BCUT2D eigenvalue weighted by molar-refractivity contribution is 8.00. The molecule has 4 aromatic rings. The Hall–Kier alpha value is -2.85. The van der Waals surface area contributed by atoms with Gasteiger partial charge in [-0.05, 0) is 57.7 Å². The van der Waals surface area contributed by atoms with Gasteiger partial charge in [0.15, 0.2) is 5.16 Å². The van der Waals surface area contributed by atoms with Crippen LogP contribution in [-0.2, 0) is 31.2 Å². The molecule has 0 bridgehead atoms. The molecule has 33 heavy (non-hydrogen) atoms. The van der Waals surface area contributed by atoms with Crippen molar-refractivity contribution in [1.82, 2.24) is 19.3 Å². The van der Waals surface area contributed by atoms with Crippen molar-refractivity contribution in [3.05, 3.63) is 56.3 Å². The van der Waals surface area contributed by atoms with Gasteiger partial charge in [-0.3, -0.25) is 18.8 Å². The minimum Gasteiger partial charge on any atom is -0.467 e. The number of aryl methyl sites for hydroxylation is 4. The van der Waals surface area contributed by atoms with Crippen LogP contribution in [0.3, 0.4) is 0 Å². The van der Waals surface area contributed by atoms with Gasteiger partial charge in [0.25, 0.3) is 5.56 Å². The Morgan fingerprint density at radius 2 is 2.18 bits per heavy atom. The summed E-state index contributed by atoms with van der Waals surface area (Å²) in [5, 5.41) is 8.13. The monoisotopic (exact) mass is 483 g/mol. The summed E-state index contributed by atoms with van der Waals surface area (Å²) in [4.78, 5) is 33.5. The number of furan rings is 1. The molecule has 1 aliphatic rings. The third-order valence-corrected chi connectivity index (χ3v) is 8.37. The van der Waals surface area contributed by atoms with E-state index >= 15 is 0 Å². The second-order valence-electron chi connectivity index (χ2n) is 8.32. The summed E-state index contributed by atoms with van der Waals surface area (Å²) in [7, 11) is 1.85. The maximum atomic E-state index is 13.6. The van der Waals surface area contributed by atoms with Gasteiger partial charge in [-0.2, -0.15) is 5.10 Å². The number of amides is 1. The number of hydrogen-bond acceptors (Lipinski definition) is 7. The quantitative estimate of drug-likeness (QED) is 0.328. The third-order valence-electron chi connectivity index (χ3n) is 6.09. The van der Waals surface area contributed by atoms with Crippen LogP contribution in [0.15, 0.2) is 32.8 Å². The van der Waals surface area contributed by atoms with Crippen LogP contribution in [0.2, 0.25) is 0 Å². The topological polar surface area (TPSA) is 95.0 Å². The first-order valence-electron chi connectivity index (χ1n) is 10.9. The van der Waals surface area contributed by atoms with Crippen LogP contribution in [0.25, 0.3) is 10.2 Å². The van der Waals surface area contributed by atoms with Crippen molar-refractivity contribution in [2.75, 3.05) is 5.32 Å². The number of hydrogen-bond donors (Lipinski definition) is 1. The van der Waals surface area contributed by atoms with Crippen molar-refractivity contribution in [1.29, 1.82) is 0 Å². The Kier molecular flexibility index (Phi) is 5.65. The Morgan fingerprint density at radius 1 is 1.36 bits per heavy atom. The number of aromatic nitrogens is 4. The van der Waals surface area contributed by atoms with Crippen LogP contribution in [0, 0.1) is 13.8 Å². The molecule has 0 saturated carbocycles. The van der Waals surface area contributed by atoms with E-state index in [0.717, 1.165) is 52.1 Å². The fraction of sp³-hybridized carbons (Fsp3) is 0.391. The molecule has 172 valence electrons. The molecule has 10 heteroatoms. The number of nitrogens with one attached hydrogen (secondary N) is 1. The van der Waals surface area contributed by atoms with Crippen molar-refractivity contribution in [2.45, 2.75) is 57.0 Å². The number of carbonyl (C=O) groups excluding carboxylic acids is 1. The number of thiophene rings is 1. The lowest BCUT2D eigenvalue weighted by molar-refractivity contribution is -0.115. The molecule has 0 spiro atoms. The van der Waals surface area contributed by atoms with E-state index in [2.05, 4.69) is 10.4 Å². The smallest absolute Gasteiger partial charge is 0.263 e. The molecular weight excluding hydrogens is 458 g/mol. The lowest BCUT2D eigenvalue weighted by Gasteiger charge is -2.15. The van der Waals surface area contributed by atoms with Crippen molar-refractivity contribution in [3.8, 4) is 0 Å². The van der Waals surface area contributed by atoms with E-state index < -0.39 is 5.25 Å². The van der Waals surface area contributed by atoms with E-state index in [1.807, 2.05) is 33.9 Å². The summed E-state index contributed by atoms with van der Waals surface area (Å²) in [5.41, 5.74) is 3.46. The molecule has 0 saturated heterocycles. The molecule has 0 radical (unpaired) electrons. The van der Waals surface area contributed by atoms with E-state index in [1.54, 1.807) is 32.9 Å². The summed E-state index contributed by atoms with van der Waals surface area (Å²) in [6.45, 7) is 5.88. The van der Waals surface area contributed by atoms with Crippen molar-refractivity contribution < 1.29 is 9.21 Å². The number of thioether (sulfide) groups is 1. The zero-order chi connectivity index (χ0) is 23.3. The third kappa shape index (κ3) is 3.91. The average Bonchev–Trinajstić information content (AvgIpc) is 3.54. The number of fused-ring (bicyclic) bond motifs is 3. The fourth-order valence-electron chi connectivity index (χ4n) is 4.24. The fourth-order valence-corrected chi connectivity index (χ4v) is 6.45. The highest BCUT2D eigenvalue weighted by atomic mass is 32.2. The molecule has 1 atom stereocenters. The van der Waals surface area contributed by atoms with E-state index in [4.69, 9.17) is 9.40 Å². The first-order valence-corrected chi connectivity index (χ1v) is 12.6. The molecule has 8 nitrogen and oxygen atoms in total. The molecule has 1 amide bonds. The van der Waals surface area contributed by atoms with Crippen molar-refractivity contribution in [3.63, 3.8) is 0 Å². The minimum absolute atomic E-state index is 0.0649. The molecule has 5 rings (SSSR count). The largest absolute Gasteiger partial charge is 0.467 e. The van der Waals surface area contributed by atoms with Gasteiger partial charge in [0.2, 0.25) is 5.91 Å². The molecule has 1 unspecified atom stereocenters. The zero-order valence-electron chi connectivity index (χ0n) is 19.0. The summed E-state index contributed by atoms with van der Waals surface area (Å²) >= 11 is 2.89. The number of carbonyl (C=O) groups is 1. The maximum Gasteiger partial charge on any atom is 0.263 e. The Morgan fingerprint density at radius 3 is 2.88 bits per heavy atom. The van der Waals surface area contributed by atoms with E-state index in [-0.39, 0.29) is 18.0 Å². The molecule has 0 fully saturated rings. The second kappa shape index (κ2) is 8.49. The van der Waals surface area contributed by atoms with Crippen LogP contribution in [0.5, 0.6) is 0 Å². The first-order chi connectivity index (χ1) is 15.8. The molecule has 1 aliphatic carbocycles. The average molecular weight is 484 g/mol. The van der Waals surface area contributed by atoms with Gasteiger partial charge in [-0.1, -0.05) is 11.8 Å². The van der Waals surface area contributed by atoms with Gasteiger partial charge in [0, 0.05) is 11.9 Å². The van der Waals surface area contributed by atoms with Crippen LogP contribution >= 0.6 is 23.1 Å². The number of rotatable bonds is 6. The summed E-state index contributed by atoms with van der Waals surface area (Å²) in [5.74, 6) is 0.512. The first kappa shape index (κ1) is 22.0. The van der Waals surface area contributed by atoms with E-state index in [9.17, 15) is 9.59 Å². The van der Waals surface area contributed by atoms with Crippen LogP contribution < -0.4 is 10.9 Å². The van der Waals surface area contributed by atoms with Gasteiger partial charge in [0.1, 0.15) is 10.6 Å². The van der Waals surface area contributed by atoms with E-state index in [1.165, 1.54) is 16.6 Å².